The van der Waals surface area contributed by atoms with Gasteiger partial charge in [-0.15, -0.1) is 0 Å². The predicted molar refractivity (Wildman–Crippen MR) is 112 cm³/mol. The average Bonchev–Trinajstić information content (AvgIpc) is 3.01. The number of nitrogens with one attached hydrogen (secondary N) is 2. The summed E-state index contributed by atoms with van der Waals surface area (Å²) in [4.78, 5) is 64.4. The minimum Gasteiger partial charge on any atom is -0.467 e. The predicted octanol–water partition coefficient (Wildman–Crippen LogP) is 0.107. The average molecular weight is 438 g/mol. The van der Waals surface area contributed by atoms with Crippen LogP contribution in [0.1, 0.15) is 12.5 Å². The monoisotopic (exact) mass is 438 g/mol. The molecular formula is C22H22N4O6. The number of hydrogen-bond acceptors (Lipinski definition) is 6. The van der Waals surface area contributed by atoms with Crippen LogP contribution in [-0.4, -0.2) is 72.3 Å². The lowest BCUT2D eigenvalue weighted by atomic mass is 9.90. The number of piperazine rings is 1. The number of rotatable bonds is 4. The van der Waals surface area contributed by atoms with Gasteiger partial charge in [0.05, 0.1) is 7.11 Å². The van der Waals surface area contributed by atoms with Crippen molar-refractivity contribution in [1.82, 2.24) is 20.4 Å². The molecule has 0 bridgehead atoms. The second kappa shape index (κ2) is 7.95. The Bertz CT molecular complexity index is 1150. The lowest BCUT2D eigenvalue weighted by Gasteiger charge is -2.34. The maximum absolute atomic E-state index is 13.2. The van der Waals surface area contributed by atoms with Gasteiger partial charge in [-0.3, -0.25) is 19.3 Å². The molecule has 0 saturated carbocycles. The number of carbonyl (C=O) groups excluding carboxylic acids is 5. The van der Waals surface area contributed by atoms with E-state index in [1.807, 2.05) is 36.4 Å². The summed E-state index contributed by atoms with van der Waals surface area (Å²) >= 11 is 0. The summed E-state index contributed by atoms with van der Waals surface area (Å²) in [6.45, 7) is 0.498. The molecule has 10 nitrogen and oxygen atoms in total. The molecule has 2 N–H and O–H groups in total. The van der Waals surface area contributed by atoms with E-state index in [9.17, 15) is 24.0 Å². The molecule has 166 valence electrons. The molecule has 2 aromatic carbocycles. The van der Waals surface area contributed by atoms with Crippen molar-refractivity contribution in [3.05, 3.63) is 48.0 Å². The number of methoxy groups -OCH3 is 1. The Balaban J connectivity index is 1.57. The first kappa shape index (κ1) is 21.3. The summed E-state index contributed by atoms with van der Waals surface area (Å²) in [5.74, 6) is -2.45. The van der Waals surface area contributed by atoms with Crippen LogP contribution >= 0.6 is 0 Å². The number of urea groups is 1. The van der Waals surface area contributed by atoms with Gasteiger partial charge in [0.2, 0.25) is 11.8 Å². The van der Waals surface area contributed by atoms with Gasteiger partial charge < -0.3 is 20.3 Å². The highest BCUT2D eigenvalue weighted by Gasteiger charge is 2.50. The Kier molecular flexibility index (Phi) is 5.29. The minimum absolute atomic E-state index is 0.105. The molecule has 0 spiro atoms. The van der Waals surface area contributed by atoms with Crippen LogP contribution in [0.2, 0.25) is 0 Å². The SMILES string of the molecule is COC(=O)C1CNC(=O)CN1C(=O)CN1C(=O)NC(C)(c2ccc3ccccc3c2)C1=O. The molecule has 32 heavy (non-hydrogen) atoms. The van der Waals surface area contributed by atoms with Gasteiger partial charge in [0.15, 0.2) is 0 Å². The van der Waals surface area contributed by atoms with E-state index in [1.165, 1.54) is 7.11 Å². The molecule has 10 heteroatoms. The standard InChI is InChI=1S/C22H22N4O6/c1-22(15-8-7-13-5-3-4-6-14(13)9-15)20(30)26(21(31)24-22)12-18(28)25-11-17(27)23-10-16(25)19(29)32-2/h3-9,16H,10-12H2,1-2H3,(H,23,27)(H,24,31). The van der Waals surface area contributed by atoms with Crippen molar-refractivity contribution >= 4 is 40.5 Å². The molecule has 0 aromatic heterocycles. The van der Waals surface area contributed by atoms with Gasteiger partial charge in [-0.05, 0) is 29.3 Å². The van der Waals surface area contributed by atoms with Gasteiger partial charge in [-0.2, -0.15) is 0 Å². The number of imide groups is 1. The summed E-state index contributed by atoms with van der Waals surface area (Å²) in [5, 5.41) is 7.06. The normalized spacial score (nSPS) is 23.2. The first-order valence-corrected chi connectivity index (χ1v) is 10.0. The fourth-order valence-corrected chi connectivity index (χ4v) is 4.01. The van der Waals surface area contributed by atoms with E-state index in [2.05, 4.69) is 10.6 Å². The molecule has 2 heterocycles. The van der Waals surface area contributed by atoms with E-state index in [0.717, 1.165) is 20.6 Å². The molecule has 2 fully saturated rings. The second-order valence-corrected chi connectivity index (χ2v) is 7.87. The third-order valence-corrected chi connectivity index (χ3v) is 5.87. The molecule has 4 rings (SSSR count). The minimum atomic E-state index is -1.36. The maximum atomic E-state index is 13.2. The molecule has 2 saturated heterocycles. The fourth-order valence-electron chi connectivity index (χ4n) is 4.01. The summed E-state index contributed by atoms with van der Waals surface area (Å²) in [7, 11) is 1.17. The largest absolute Gasteiger partial charge is 0.467 e. The summed E-state index contributed by atoms with van der Waals surface area (Å²) in [5.41, 5.74) is -0.781. The van der Waals surface area contributed by atoms with E-state index in [0.29, 0.717) is 5.56 Å². The lowest BCUT2D eigenvalue weighted by Crippen LogP contribution is -2.61. The van der Waals surface area contributed by atoms with Gasteiger partial charge in [0, 0.05) is 6.54 Å². The number of ether oxygens (including phenoxy) is 1. The second-order valence-electron chi connectivity index (χ2n) is 7.87. The number of carbonyl (C=O) groups is 5. The lowest BCUT2D eigenvalue weighted by molar-refractivity contribution is -0.156. The molecule has 2 atom stereocenters. The molecule has 0 radical (unpaired) electrons. The quantitative estimate of drug-likeness (QED) is 0.516. The van der Waals surface area contributed by atoms with Crippen LogP contribution in [0.4, 0.5) is 4.79 Å². The molecular weight excluding hydrogens is 416 g/mol. The smallest absolute Gasteiger partial charge is 0.330 e. The van der Waals surface area contributed by atoms with Crippen molar-refractivity contribution in [1.29, 1.82) is 0 Å². The van der Waals surface area contributed by atoms with Gasteiger partial charge in [0.25, 0.3) is 5.91 Å². The number of fused-ring (bicyclic) bond motifs is 1. The van der Waals surface area contributed by atoms with Crippen LogP contribution in [0.5, 0.6) is 0 Å². The highest BCUT2D eigenvalue weighted by molar-refractivity contribution is 6.09. The molecule has 2 aliphatic heterocycles. The van der Waals surface area contributed by atoms with Crippen LogP contribution in [-0.2, 0) is 29.5 Å². The topological polar surface area (TPSA) is 125 Å². The van der Waals surface area contributed by atoms with Crippen molar-refractivity contribution in [2.45, 2.75) is 18.5 Å². The van der Waals surface area contributed by atoms with E-state index in [-0.39, 0.29) is 13.1 Å². The van der Waals surface area contributed by atoms with Crippen LogP contribution in [0.3, 0.4) is 0 Å². The van der Waals surface area contributed by atoms with E-state index in [4.69, 9.17) is 4.74 Å². The number of amides is 5. The maximum Gasteiger partial charge on any atom is 0.330 e. The first-order chi connectivity index (χ1) is 15.2. The molecule has 2 aromatic rings. The van der Waals surface area contributed by atoms with Crippen molar-refractivity contribution in [3.63, 3.8) is 0 Å². The highest BCUT2D eigenvalue weighted by atomic mass is 16.5. The van der Waals surface area contributed by atoms with Crippen LogP contribution in [0.25, 0.3) is 10.8 Å². The van der Waals surface area contributed by atoms with E-state index < -0.39 is 47.8 Å². The third-order valence-electron chi connectivity index (χ3n) is 5.87. The van der Waals surface area contributed by atoms with Gasteiger partial charge in [-0.1, -0.05) is 36.4 Å². The van der Waals surface area contributed by atoms with Crippen molar-refractivity contribution in [2.24, 2.45) is 0 Å². The van der Waals surface area contributed by atoms with Crippen molar-refractivity contribution < 1.29 is 28.7 Å². The van der Waals surface area contributed by atoms with Gasteiger partial charge in [-0.25, -0.2) is 9.59 Å². The number of hydrogen-bond donors (Lipinski definition) is 2. The molecule has 2 aliphatic rings. The zero-order valence-electron chi connectivity index (χ0n) is 17.6. The summed E-state index contributed by atoms with van der Waals surface area (Å²) in [6.07, 6.45) is 0. The highest BCUT2D eigenvalue weighted by Crippen LogP contribution is 2.31. The van der Waals surface area contributed by atoms with Crippen molar-refractivity contribution in [2.75, 3.05) is 26.7 Å². The molecule has 0 aliphatic carbocycles. The van der Waals surface area contributed by atoms with E-state index in [1.54, 1.807) is 13.0 Å². The van der Waals surface area contributed by atoms with E-state index >= 15 is 0 Å². The zero-order chi connectivity index (χ0) is 23.0. The Labute approximate surface area is 183 Å². The molecule has 2 unspecified atom stereocenters. The number of nitrogens with zero attached hydrogens (tertiary/aromatic N) is 2. The van der Waals surface area contributed by atoms with Crippen molar-refractivity contribution in [3.8, 4) is 0 Å². The Morgan fingerprint density at radius 3 is 2.56 bits per heavy atom. The number of benzene rings is 2. The third kappa shape index (κ3) is 3.53. The van der Waals surface area contributed by atoms with Crippen LogP contribution in [0, 0.1) is 0 Å². The fraction of sp³-hybridized carbons (Fsp3) is 0.318. The number of esters is 1. The van der Waals surface area contributed by atoms with Crippen LogP contribution in [0.15, 0.2) is 42.5 Å². The summed E-state index contributed by atoms with van der Waals surface area (Å²) < 4.78 is 4.70. The first-order valence-electron chi connectivity index (χ1n) is 10.0. The molecule has 5 amide bonds. The Morgan fingerprint density at radius 1 is 1.12 bits per heavy atom. The van der Waals surface area contributed by atoms with Gasteiger partial charge >= 0.3 is 12.0 Å². The Morgan fingerprint density at radius 2 is 1.84 bits per heavy atom. The summed E-state index contributed by atoms with van der Waals surface area (Å²) in [6, 6.07) is 11.3. The van der Waals surface area contributed by atoms with Gasteiger partial charge in [0.1, 0.15) is 24.7 Å². The Hall–Kier alpha value is -3.95. The zero-order valence-corrected chi connectivity index (χ0v) is 17.6. The van der Waals surface area contributed by atoms with Crippen LogP contribution < -0.4 is 10.6 Å².